The summed E-state index contributed by atoms with van der Waals surface area (Å²) < 4.78 is 10.5. The fourth-order valence-corrected chi connectivity index (χ4v) is 1.93. The molecular formula is C16H16ClNO3. The molecule has 110 valence electrons. The van der Waals surface area contributed by atoms with Crippen molar-refractivity contribution in [2.24, 2.45) is 0 Å². The highest BCUT2D eigenvalue weighted by Gasteiger charge is 2.07. The van der Waals surface area contributed by atoms with Crippen molar-refractivity contribution in [3.05, 3.63) is 53.1 Å². The van der Waals surface area contributed by atoms with Gasteiger partial charge in [-0.05, 0) is 36.8 Å². The molecule has 0 bridgehead atoms. The van der Waals surface area contributed by atoms with Gasteiger partial charge in [-0.3, -0.25) is 4.79 Å². The third kappa shape index (κ3) is 4.39. The van der Waals surface area contributed by atoms with Gasteiger partial charge >= 0.3 is 0 Å². The number of nitrogens with one attached hydrogen (secondary N) is 1. The van der Waals surface area contributed by atoms with Gasteiger partial charge in [0.05, 0.1) is 7.11 Å². The zero-order valence-electron chi connectivity index (χ0n) is 11.9. The zero-order valence-corrected chi connectivity index (χ0v) is 12.6. The zero-order chi connectivity index (χ0) is 15.2. The van der Waals surface area contributed by atoms with Gasteiger partial charge in [0.25, 0.3) is 5.91 Å². The van der Waals surface area contributed by atoms with E-state index in [1.165, 1.54) is 0 Å². The number of benzene rings is 2. The lowest BCUT2D eigenvalue weighted by Gasteiger charge is -2.10. The Bertz CT molecular complexity index is 643. The summed E-state index contributed by atoms with van der Waals surface area (Å²) in [6.45, 7) is 1.81. The second-order valence-electron chi connectivity index (χ2n) is 4.48. The highest BCUT2D eigenvalue weighted by atomic mass is 35.5. The SMILES string of the molecule is COc1cccc(OCC(=O)Nc2cc(Cl)ccc2C)c1. The molecule has 21 heavy (non-hydrogen) atoms. The van der Waals surface area contributed by atoms with Crippen molar-refractivity contribution in [1.29, 1.82) is 0 Å². The van der Waals surface area contributed by atoms with E-state index in [2.05, 4.69) is 5.32 Å². The lowest BCUT2D eigenvalue weighted by Crippen LogP contribution is -2.20. The summed E-state index contributed by atoms with van der Waals surface area (Å²) in [6.07, 6.45) is 0. The molecule has 0 aromatic heterocycles. The number of halogens is 1. The Balaban J connectivity index is 1.94. The van der Waals surface area contributed by atoms with E-state index < -0.39 is 0 Å². The normalized spacial score (nSPS) is 10.0. The van der Waals surface area contributed by atoms with Crippen LogP contribution in [0.1, 0.15) is 5.56 Å². The Morgan fingerprint density at radius 3 is 2.71 bits per heavy atom. The fourth-order valence-electron chi connectivity index (χ4n) is 1.76. The van der Waals surface area contributed by atoms with Crippen LogP contribution in [-0.2, 0) is 4.79 Å². The number of hydrogen-bond acceptors (Lipinski definition) is 3. The largest absolute Gasteiger partial charge is 0.497 e. The Morgan fingerprint density at radius 2 is 1.95 bits per heavy atom. The Hall–Kier alpha value is -2.20. The van der Waals surface area contributed by atoms with Crippen molar-refractivity contribution in [3.63, 3.8) is 0 Å². The minimum Gasteiger partial charge on any atom is -0.497 e. The molecule has 2 aromatic carbocycles. The number of hydrogen-bond donors (Lipinski definition) is 1. The minimum atomic E-state index is -0.247. The molecule has 0 aliphatic rings. The summed E-state index contributed by atoms with van der Waals surface area (Å²) in [6, 6.07) is 12.4. The van der Waals surface area contributed by atoms with Gasteiger partial charge in [0.2, 0.25) is 0 Å². The molecule has 1 N–H and O–H groups in total. The van der Waals surface area contributed by atoms with E-state index in [9.17, 15) is 4.79 Å². The first-order chi connectivity index (χ1) is 10.1. The molecule has 0 atom stereocenters. The number of rotatable bonds is 5. The maximum absolute atomic E-state index is 11.9. The first kappa shape index (κ1) is 15.2. The maximum atomic E-state index is 11.9. The van der Waals surface area contributed by atoms with Crippen molar-refractivity contribution in [2.75, 3.05) is 19.0 Å². The molecule has 0 unspecified atom stereocenters. The van der Waals surface area contributed by atoms with Crippen LogP contribution in [0.25, 0.3) is 0 Å². The number of ether oxygens (including phenoxy) is 2. The molecule has 0 fully saturated rings. The third-order valence-electron chi connectivity index (χ3n) is 2.88. The van der Waals surface area contributed by atoms with Crippen LogP contribution in [0, 0.1) is 6.92 Å². The van der Waals surface area contributed by atoms with Crippen LogP contribution in [-0.4, -0.2) is 19.6 Å². The topological polar surface area (TPSA) is 47.6 Å². The average Bonchev–Trinajstić information content (AvgIpc) is 2.49. The molecule has 4 nitrogen and oxygen atoms in total. The molecule has 0 heterocycles. The minimum absolute atomic E-state index is 0.0842. The summed E-state index contributed by atoms with van der Waals surface area (Å²) >= 11 is 5.91. The Kier molecular flexibility index (Phi) is 5.06. The van der Waals surface area contributed by atoms with Crippen molar-refractivity contribution in [1.82, 2.24) is 0 Å². The van der Waals surface area contributed by atoms with Crippen LogP contribution in [0.3, 0.4) is 0 Å². The van der Waals surface area contributed by atoms with E-state index in [4.69, 9.17) is 21.1 Å². The lowest BCUT2D eigenvalue weighted by atomic mass is 10.2. The van der Waals surface area contributed by atoms with E-state index in [0.29, 0.717) is 22.2 Å². The van der Waals surface area contributed by atoms with Gasteiger partial charge in [0.1, 0.15) is 11.5 Å². The maximum Gasteiger partial charge on any atom is 0.262 e. The van der Waals surface area contributed by atoms with Crippen LogP contribution in [0.15, 0.2) is 42.5 Å². The Morgan fingerprint density at radius 1 is 1.19 bits per heavy atom. The number of carbonyl (C=O) groups excluding carboxylic acids is 1. The number of carbonyl (C=O) groups is 1. The van der Waals surface area contributed by atoms with Crippen LogP contribution in [0.5, 0.6) is 11.5 Å². The summed E-state index contributed by atoms with van der Waals surface area (Å²) in [7, 11) is 1.58. The van der Waals surface area contributed by atoms with Crippen LogP contribution in [0.2, 0.25) is 5.02 Å². The van der Waals surface area contributed by atoms with E-state index in [1.807, 2.05) is 19.1 Å². The molecule has 0 saturated heterocycles. The van der Waals surface area contributed by atoms with E-state index in [1.54, 1.807) is 37.4 Å². The molecule has 0 aliphatic heterocycles. The van der Waals surface area contributed by atoms with Crippen molar-refractivity contribution < 1.29 is 14.3 Å². The van der Waals surface area contributed by atoms with E-state index in [-0.39, 0.29) is 12.5 Å². The standard InChI is InChI=1S/C16H16ClNO3/c1-11-6-7-12(17)8-15(11)18-16(19)10-21-14-5-3-4-13(9-14)20-2/h3-9H,10H2,1-2H3,(H,18,19). The molecule has 5 heteroatoms. The Labute approximate surface area is 128 Å². The second kappa shape index (κ2) is 6.99. The summed E-state index contributed by atoms with van der Waals surface area (Å²) in [5.74, 6) is 1.01. The predicted molar refractivity (Wildman–Crippen MR) is 83.3 cm³/mol. The highest BCUT2D eigenvalue weighted by molar-refractivity contribution is 6.31. The number of methoxy groups -OCH3 is 1. The van der Waals surface area contributed by atoms with E-state index >= 15 is 0 Å². The van der Waals surface area contributed by atoms with Gasteiger partial charge in [0, 0.05) is 16.8 Å². The number of anilines is 1. The summed E-state index contributed by atoms with van der Waals surface area (Å²) in [4.78, 5) is 11.9. The molecular weight excluding hydrogens is 290 g/mol. The highest BCUT2D eigenvalue weighted by Crippen LogP contribution is 2.21. The monoisotopic (exact) mass is 305 g/mol. The summed E-state index contributed by atoms with van der Waals surface area (Å²) in [5, 5.41) is 3.34. The van der Waals surface area contributed by atoms with Crippen molar-refractivity contribution in [2.45, 2.75) is 6.92 Å². The molecule has 0 aliphatic carbocycles. The smallest absolute Gasteiger partial charge is 0.262 e. The van der Waals surface area contributed by atoms with Crippen LogP contribution >= 0.6 is 11.6 Å². The van der Waals surface area contributed by atoms with Crippen LogP contribution < -0.4 is 14.8 Å². The third-order valence-corrected chi connectivity index (χ3v) is 3.12. The quantitative estimate of drug-likeness (QED) is 0.916. The first-order valence-electron chi connectivity index (χ1n) is 6.41. The molecule has 1 amide bonds. The second-order valence-corrected chi connectivity index (χ2v) is 4.91. The average molecular weight is 306 g/mol. The van der Waals surface area contributed by atoms with Crippen molar-refractivity contribution >= 4 is 23.2 Å². The van der Waals surface area contributed by atoms with E-state index in [0.717, 1.165) is 5.56 Å². The lowest BCUT2D eigenvalue weighted by molar-refractivity contribution is -0.118. The van der Waals surface area contributed by atoms with Gasteiger partial charge in [-0.25, -0.2) is 0 Å². The molecule has 0 radical (unpaired) electrons. The predicted octanol–water partition coefficient (Wildman–Crippen LogP) is 3.67. The molecule has 2 rings (SSSR count). The molecule has 0 spiro atoms. The summed E-state index contributed by atoms with van der Waals surface area (Å²) in [5.41, 5.74) is 1.62. The van der Waals surface area contributed by atoms with Crippen molar-refractivity contribution in [3.8, 4) is 11.5 Å². The molecule has 0 saturated carbocycles. The van der Waals surface area contributed by atoms with Gasteiger partial charge in [-0.1, -0.05) is 23.7 Å². The van der Waals surface area contributed by atoms with Gasteiger partial charge < -0.3 is 14.8 Å². The van der Waals surface area contributed by atoms with Gasteiger partial charge in [0.15, 0.2) is 6.61 Å². The number of amides is 1. The van der Waals surface area contributed by atoms with Gasteiger partial charge in [-0.2, -0.15) is 0 Å². The first-order valence-corrected chi connectivity index (χ1v) is 6.79. The van der Waals surface area contributed by atoms with Crippen LogP contribution in [0.4, 0.5) is 5.69 Å². The fraction of sp³-hybridized carbons (Fsp3) is 0.188. The number of aryl methyl sites for hydroxylation is 1. The molecule has 2 aromatic rings. The van der Waals surface area contributed by atoms with Gasteiger partial charge in [-0.15, -0.1) is 0 Å².